The summed E-state index contributed by atoms with van der Waals surface area (Å²) in [5.74, 6) is 0.666. The zero-order valence-electron chi connectivity index (χ0n) is 9.72. The van der Waals surface area contributed by atoms with Gasteiger partial charge in [-0.25, -0.2) is 0 Å². The van der Waals surface area contributed by atoms with Crippen LogP contribution in [0.3, 0.4) is 0 Å². The molecule has 0 aliphatic carbocycles. The highest BCUT2D eigenvalue weighted by Crippen LogP contribution is 2.19. The maximum Gasteiger partial charge on any atom is 0.159 e. The van der Waals surface area contributed by atoms with Gasteiger partial charge in [0.2, 0.25) is 0 Å². The van der Waals surface area contributed by atoms with Crippen LogP contribution in [-0.2, 0) is 4.74 Å². The van der Waals surface area contributed by atoms with Crippen LogP contribution in [0.5, 0.6) is 0 Å². The summed E-state index contributed by atoms with van der Waals surface area (Å²) in [5, 5.41) is 11.2. The van der Waals surface area contributed by atoms with Crippen molar-refractivity contribution in [3.05, 3.63) is 17.8 Å². The van der Waals surface area contributed by atoms with Crippen LogP contribution in [0.4, 0.5) is 5.82 Å². The highest BCUT2D eigenvalue weighted by Gasteiger charge is 2.20. The molecule has 1 saturated heterocycles. The Morgan fingerprint density at radius 3 is 3.18 bits per heavy atom. The molecule has 0 aromatic carbocycles. The van der Waals surface area contributed by atoms with Gasteiger partial charge in [-0.15, -0.1) is 5.10 Å². The Hall–Kier alpha value is -1.27. The second-order valence-electron chi connectivity index (χ2n) is 4.20. The van der Waals surface area contributed by atoms with Crippen molar-refractivity contribution in [3.8, 4) is 0 Å². The quantitative estimate of drug-likeness (QED) is 0.785. The Kier molecular flexibility index (Phi) is 3.86. The van der Waals surface area contributed by atoms with Crippen LogP contribution in [0.15, 0.2) is 12.3 Å². The van der Waals surface area contributed by atoms with E-state index in [-0.39, 0.29) is 6.10 Å². The average Bonchev–Trinajstić information content (AvgIpc) is 2.29. The molecule has 17 heavy (non-hydrogen) atoms. The van der Waals surface area contributed by atoms with Gasteiger partial charge in [-0.2, -0.15) is 5.10 Å². The minimum absolute atomic E-state index is 0.270. The van der Waals surface area contributed by atoms with Crippen molar-refractivity contribution >= 4 is 23.0 Å². The second-order valence-corrected chi connectivity index (χ2v) is 4.64. The molecule has 2 heterocycles. The van der Waals surface area contributed by atoms with E-state index in [1.165, 1.54) is 0 Å². The highest BCUT2D eigenvalue weighted by molar-refractivity contribution is 7.80. The monoisotopic (exact) mass is 252 g/mol. The first-order valence-electron chi connectivity index (χ1n) is 5.66. The van der Waals surface area contributed by atoms with Crippen LogP contribution < -0.4 is 11.1 Å². The molecule has 0 amide bonds. The van der Waals surface area contributed by atoms with Crippen molar-refractivity contribution in [2.75, 3.05) is 11.9 Å². The van der Waals surface area contributed by atoms with E-state index in [0.29, 0.717) is 16.8 Å². The second kappa shape index (κ2) is 5.37. The molecule has 3 N–H and O–H groups in total. The number of rotatable bonds is 3. The fraction of sp³-hybridized carbons (Fsp3) is 0.545. The lowest BCUT2D eigenvalue weighted by atomic mass is 10.0. The lowest BCUT2D eigenvalue weighted by Crippen LogP contribution is -2.33. The Labute approximate surface area is 106 Å². The number of aromatic nitrogens is 2. The van der Waals surface area contributed by atoms with Crippen LogP contribution >= 0.6 is 12.2 Å². The van der Waals surface area contributed by atoms with E-state index in [9.17, 15) is 0 Å². The minimum Gasteiger partial charge on any atom is -0.389 e. The lowest BCUT2D eigenvalue weighted by Gasteiger charge is -2.28. The van der Waals surface area contributed by atoms with Crippen LogP contribution in [0, 0.1) is 0 Å². The van der Waals surface area contributed by atoms with Crippen molar-refractivity contribution < 1.29 is 4.74 Å². The van der Waals surface area contributed by atoms with E-state index in [0.717, 1.165) is 25.0 Å². The van der Waals surface area contributed by atoms with Crippen molar-refractivity contribution in [1.82, 2.24) is 10.2 Å². The van der Waals surface area contributed by atoms with Crippen LogP contribution in [0.2, 0.25) is 0 Å². The van der Waals surface area contributed by atoms with Gasteiger partial charge in [0, 0.05) is 12.6 Å². The van der Waals surface area contributed by atoms with Crippen molar-refractivity contribution in [2.45, 2.75) is 31.9 Å². The molecule has 92 valence electrons. The van der Waals surface area contributed by atoms with E-state index in [2.05, 4.69) is 22.4 Å². The third kappa shape index (κ3) is 3.10. The molecule has 1 fully saturated rings. The van der Waals surface area contributed by atoms with E-state index < -0.39 is 0 Å². The first kappa shape index (κ1) is 12.2. The van der Waals surface area contributed by atoms with Gasteiger partial charge in [-0.3, -0.25) is 0 Å². The fourth-order valence-electron chi connectivity index (χ4n) is 1.96. The maximum atomic E-state index is 5.65. The molecule has 2 unspecified atom stereocenters. The summed E-state index contributed by atoms with van der Waals surface area (Å²) in [4.78, 5) is 0.336. The van der Waals surface area contributed by atoms with Gasteiger partial charge in [0.1, 0.15) is 4.99 Å². The smallest absolute Gasteiger partial charge is 0.159 e. The van der Waals surface area contributed by atoms with Gasteiger partial charge in [-0.1, -0.05) is 12.2 Å². The molecule has 1 aliphatic rings. The van der Waals surface area contributed by atoms with Gasteiger partial charge < -0.3 is 15.8 Å². The topological polar surface area (TPSA) is 73.1 Å². The minimum atomic E-state index is 0.270. The highest BCUT2D eigenvalue weighted by atomic mass is 32.1. The van der Waals surface area contributed by atoms with Gasteiger partial charge in [0.15, 0.2) is 5.82 Å². The van der Waals surface area contributed by atoms with E-state index in [1.54, 1.807) is 12.3 Å². The SMILES string of the molecule is CC1CC(Nc2nnccc2C(N)=S)CCO1. The van der Waals surface area contributed by atoms with E-state index in [1.807, 2.05) is 0 Å². The third-order valence-corrected chi connectivity index (χ3v) is 3.03. The van der Waals surface area contributed by atoms with Crippen LogP contribution in [-0.4, -0.2) is 33.9 Å². The summed E-state index contributed by atoms with van der Waals surface area (Å²) in [6.07, 6.45) is 3.77. The van der Waals surface area contributed by atoms with Gasteiger partial charge >= 0.3 is 0 Å². The molecule has 5 nitrogen and oxygen atoms in total. The summed E-state index contributed by atoms with van der Waals surface area (Å²) in [7, 11) is 0. The number of hydrogen-bond donors (Lipinski definition) is 2. The van der Waals surface area contributed by atoms with Crippen molar-refractivity contribution in [1.29, 1.82) is 0 Å². The van der Waals surface area contributed by atoms with Gasteiger partial charge in [0.25, 0.3) is 0 Å². The first-order valence-corrected chi connectivity index (χ1v) is 6.07. The molecular formula is C11H16N4OS. The number of nitrogens with zero attached hydrogens (tertiary/aromatic N) is 2. The summed E-state index contributed by atoms with van der Waals surface area (Å²) in [6.45, 7) is 2.83. The molecule has 0 bridgehead atoms. The Morgan fingerprint density at radius 1 is 1.65 bits per heavy atom. The van der Waals surface area contributed by atoms with Gasteiger partial charge in [0.05, 0.1) is 17.9 Å². The van der Waals surface area contributed by atoms with E-state index in [4.69, 9.17) is 22.7 Å². The van der Waals surface area contributed by atoms with E-state index >= 15 is 0 Å². The Morgan fingerprint density at radius 2 is 2.47 bits per heavy atom. The van der Waals surface area contributed by atoms with Crippen molar-refractivity contribution in [2.24, 2.45) is 5.73 Å². The Balaban J connectivity index is 2.10. The lowest BCUT2D eigenvalue weighted by molar-refractivity contribution is 0.0231. The van der Waals surface area contributed by atoms with Crippen molar-refractivity contribution in [3.63, 3.8) is 0 Å². The molecule has 2 rings (SSSR count). The average molecular weight is 252 g/mol. The largest absolute Gasteiger partial charge is 0.389 e. The predicted octanol–water partition coefficient (Wildman–Crippen LogP) is 1.09. The van der Waals surface area contributed by atoms with Gasteiger partial charge in [-0.05, 0) is 25.8 Å². The summed E-state index contributed by atoms with van der Waals surface area (Å²) in [5.41, 5.74) is 6.39. The Bertz CT molecular complexity index is 412. The zero-order valence-corrected chi connectivity index (χ0v) is 10.5. The fourth-order valence-corrected chi connectivity index (χ4v) is 2.12. The number of nitrogens with one attached hydrogen (secondary N) is 1. The number of anilines is 1. The summed E-state index contributed by atoms with van der Waals surface area (Å²) < 4.78 is 5.50. The normalized spacial score (nSPS) is 24.3. The standard InChI is InChI=1S/C11H16N4OS/c1-7-6-8(3-5-16-7)14-11-9(10(12)17)2-4-13-15-11/h2,4,7-8H,3,5-6H2,1H3,(H2,12,17)(H,14,15). The number of nitrogens with two attached hydrogens (primary N) is 1. The zero-order chi connectivity index (χ0) is 12.3. The molecule has 1 aliphatic heterocycles. The maximum absolute atomic E-state index is 5.65. The first-order chi connectivity index (χ1) is 8.16. The molecule has 0 saturated carbocycles. The van der Waals surface area contributed by atoms with Crippen LogP contribution in [0.1, 0.15) is 25.3 Å². The molecule has 0 spiro atoms. The van der Waals surface area contributed by atoms with Crippen LogP contribution in [0.25, 0.3) is 0 Å². The number of thiocarbonyl (C=S) groups is 1. The number of hydrogen-bond acceptors (Lipinski definition) is 5. The molecular weight excluding hydrogens is 236 g/mol. The summed E-state index contributed by atoms with van der Waals surface area (Å²) in [6, 6.07) is 2.11. The predicted molar refractivity (Wildman–Crippen MR) is 70.0 cm³/mol. The molecule has 1 aromatic rings. The molecule has 6 heteroatoms. The number of ether oxygens (including phenoxy) is 1. The third-order valence-electron chi connectivity index (χ3n) is 2.81. The molecule has 0 radical (unpaired) electrons. The summed E-state index contributed by atoms with van der Waals surface area (Å²) >= 11 is 4.99. The molecule has 2 atom stereocenters. The molecule has 1 aromatic heterocycles.